The number of nitrogens with zero attached hydrogens (tertiary/aromatic N) is 1. The Kier molecular flexibility index (Phi) is 12.4. The molecule has 0 spiro atoms. The molecule has 1 aliphatic rings. The third kappa shape index (κ3) is 7.94. The fraction of sp³-hybridized carbons (Fsp3) is 0.500. The molecule has 3 aromatic carbocycles. The third-order valence-corrected chi connectivity index (χ3v) is 12.8. The number of benzene rings is 3. The minimum atomic E-state index is -0.337. The first-order valence-electron chi connectivity index (χ1n) is 19.5. The molecule has 0 unspecified atom stereocenters. The van der Waals surface area contributed by atoms with Gasteiger partial charge in [-0.15, -0.1) is 29.1 Å². The number of pyridine rings is 1. The molecular formula is C48H62IrNO3-. The monoisotopic (exact) mass is 893 g/mol. The van der Waals surface area contributed by atoms with Gasteiger partial charge in [0.05, 0.1) is 0 Å². The van der Waals surface area contributed by atoms with Crippen molar-refractivity contribution in [3.05, 3.63) is 89.3 Å². The molecule has 0 aliphatic heterocycles. The first kappa shape index (κ1) is 42.5. The molecule has 0 saturated carbocycles. The van der Waals surface area contributed by atoms with E-state index in [1.165, 1.54) is 34.6 Å². The smallest absolute Gasteiger partial charge is 0.164 e. The molecule has 2 heterocycles. The summed E-state index contributed by atoms with van der Waals surface area (Å²) in [5.41, 5.74) is 7.62. The first-order valence-corrected chi connectivity index (χ1v) is 19.5. The van der Waals surface area contributed by atoms with Crippen molar-refractivity contribution in [2.45, 2.75) is 145 Å². The van der Waals surface area contributed by atoms with E-state index in [0.717, 1.165) is 70.7 Å². The average molecular weight is 893 g/mol. The molecular weight excluding hydrogens is 831 g/mol. The zero-order chi connectivity index (χ0) is 38.4. The van der Waals surface area contributed by atoms with Crippen molar-refractivity contribution in [1.82, 2.24) is 4.98 Å². The van der Waals surface area contributed by atoms with Gasteiger partial charge < -0.3 is 9.52 Å². The van der Waals surface area contributed by atoms with E-state index in [1.807, 2.05) is 53.8 Å². The number of aliphatic hydroxyl groups excluding tert-OH is 1. The maximum atomic E-state index is 12.2. The number of allylic oxidation sites excluding steroid dienone is 2. The van der Waals surface area contributed by atoms with E-state index in [9.17, 15) is 9.90 Å². The molecule has 0 atom stereocenters. The molecule has 287 valence electrons. The number of ketones is 1. The van der Waals surface area contributed by atoms with Crippen molar-refractivity contribution >= 4 is 38.5 Å². The predicted octanol–water partition coefficient (Wildman–Crippen LogP) is 13.9. The van der Waals surface area contributed by atoms with Crippen LogP contribution in [0.1, 0.15) is 145 Å². The summed E-state index contributed by atoms with van der Waals surface area (Å²) in [4.78, 5) is 17.1. The Morgan fingerprint density at radius 1 is 0.849 bits per heavy atom. The SMILES string of the molecule is CC(C)(C)c1cc(-c2nccc3oc4c5c(ccc4c23)C(C)(C)CCC5(C)C)[c-]c2ccccc12.CCC(C)(CC)C(=O)/C=C(\O)C(C)(CC)CC.[Ir]. The van der Waals surface area contributed by atoms with Gasteiger partial charge in [-0.25, -0.2) is 0 Å². The molecule has 0 saturated heterocycles. The number of rotatable bonds is 8. The first-order chi connectivity index (χ1) is 24.3. The standard InChI is InChI=1S/C33H34NO.C15H28O2.Ir/c1-31(2,3)25-19-21(18-20-10-8-9-11-22(20)25)29-27-23-12-13-24-28(30(23)35-26(27)14-17-34-29)33(6,7)16-15-32(24,4)5;1-7-14(5,8-2)12(16)11-13(17)15(6,9-3)10-4;/h8-14,17,19H,15-16H2,1-7H3;11,16H,7-10H2,1-6H3;/q-1;;/b;12-11-;. The van der Waals surface area contributed by atoms with Crippen LogP contribution in [-0.4, -0.2) is 15.9 Å². The van der Waals surface area contributed by atoms with E-state index >= 15 is 0 Å². The molecule has 1 radical (unpaired) electrons. The summed E-state index contributed by atoms with van der Waals surface area (Å²) in [6.45, 7) is 28.3. The number of carbonyl (C=O) groups excluding carboxylic acids is 1. The normalized spacial score (nSPS) is 15.8. The van der Waals surface area contributed by atoms with Gasteiger partial charge in [0.25, 0.3) is 0 Å². The van der Waals surface area contributed by atoms with Crippen molar-refractivity contribution in [2.24, 2.45) is 10.8 Å². The summed E-state index contributed by atoms with van der Waals surface area (Å²) < 4.78 is 6.67. The van der Waals surface area contributed by atoms with Gasteiger partial charge in [0.2, 0.25) is 0 Å². The van der Waals surface area contributed by atoms with Crippen LogP contribution in [0.25, 0.3) is 44.0 Å². The fourth-order valence-corrected chi connectivity index (χ4v) is 7.77. The Balaban J connectivity index is 0.000000299. The van der Waals surface area contributed by atoms with Gasteiger partial charge in [-0.1, -0.05) is 131 Å². The minimum absolute atomic E-state index is 0. The molecule has 6 rings (SSSR count). The van der Waals surface area contributed by atoms with Gasteiger partial charge in [-0.2, -0.15) is 0 Å². The average Bonchev–Trinajstić information content (AvgIpc) is 3.51. The van der Waals surface area contributed by atoms with Gasteiger partial charge >= 0.3 is 0 Å². The van der Waals surface area contributed by atoms with E-state index < -0.39 is 0 Å². The second-order valence-electron chi connectivity index (χ2n) is 18.1. The van der Waals surface area contributed by atoms with Crippen LogP contribution in [0.5, 0.6) is 0 Å². The van der Waals surface area contributed by atoms with Crippen molar-refractivity contribution < 1.29 is 34.4 Å². The number of furan rings is 1. The summed E-state index contributed by atoms with van der Waals surface area (Å²) in [7, 11) is 0. The molecule has 1 aliphatic carbocycles. The Morgan fingerprint density at radius 2 is 1.45 bits per heavy atom. The van der Waals surface area contributed by atoms with Gasteiger partial charge in [0.1, 0.15) is 16.9 Å². The van der Waals surface area contributed by atoms with Crippen LogP contribution >= 0.6 is 0 Å². The number of fused-ring (bicyclic) bond motifs is 6. The van der Waals surface area contributed by atoms with Crippen molar-refractivity contribution in [3.63, 3.8) is 0 Å². The Morgan fingerprint density at radius 3 is 2.06 bits per heavy atom. The van der Waals surface area contributed by atoms with Gasteiger partial charge in [0.15, 0.2) is 5.78 Å². The zero-order valence-electron chi connectivity index (χ0n) is 34.6. The molecule has 2 aromatic heterocycles. The van der Waals surface area contributed by atoms with Crippen LogP contribution in [0.15, 0.2) is 71.0 Å². The predicted molar refractivity (Wildman–Crippen MR) is 220 cm³/mol. The molecule has 4 nitrogen and oxygen atoms in total. The Hall–Kier alpha value is -3.27. The topological polar surface area (TPSA) is 63.3 Å². The van der Waals surface area contributed by atoms with Crippen molar-refractivity contribution in [1.29, 1.82) is 0 Å². The number of carbonyl (C=O) groups is 1. The second kappa shape index (κ2) is 15.5. The summed E-state index contributed by atoms with van der Waals surface area (Å²) in [5, 5.41) is 14.8. The van der Waals surface area contributed by atoms with E-state index in [1.54, 1.807) is 0 Å². The third-order valence-electron chi connectivity index (χ3n) is 12.8. The number of hydrogen-bond donors (Lipinski definition) is 1. The second-order valence-corrected chi connectivity index (χ2v) is 18.1. The maximum absolute atomic E-state index is 12.2. The van der Waals surface area contributed by atoms with Crippen molar-refractivity contribution in [2.75, 3.05) is 0 Å². The molecule has 5 aromatic rings. The molecule has 0 fully saturated rings. The van der Waals surface area contributed by atoms with Crippen LogP contribution in [-0.2, 0) is 41.1 Å². The van der Waals surface area contributed by atoms with Crippen LogP contribution in [0.3, 0.4) is 0 Å². The van der Waals surface area contributed by atoms with E-state index in [2.05, 4.69) is 97.0 Å². The molecule has 0 amide bonds. The van der Waals surface area contributed by atoms with Gasteiger partial charge in [-0.05, 0) is 66.4 Å². The van der Waals surface area contributed by atoms with Gasteiger partial charge in [0, 0.05) is 65.2 Å². The summed E-state index contributed by atoms with van der Waals surface area (Å²) >= 11 is 0. The Labute approximate surface area is 332 Å². The molecule has 53 heavy (non-hydrogen) atoms. The largest absolute Gasteiger partial charge is 0.512 e. The minimum Gasteiger partial charge on any atom is -0.512 e. The Bertz CT molecular complexity index is 2130. The summed E-state index contributed by atoms with van der Waals surface area (Å²) in [6, 6.07) is 21.2. The molecule has 0 bridgehead atoms. The molecule has 5 heteroatoms. The summed E-state index contributed by atoms with van der Waals surface area (Å²) in [6.07, 6.45) is 8.97. The van der Waals surface area contributed by atoms with E-state index in [4.69, 9.17) is 9.40 Å². The van der Waals surface area contributed by atoms with Gasteiger partial charge in [-0.3, -0.25) is 9.78 Å². The van der Waals surface area contributed by atoms with Crippen LogP contribution in [0.4, 0.5) is 0 Å². The fourth-order valence-electron chi connectivity index (χ4n) is 7.77. The number of hydrogen-bond acceptors (Lipinski definition) is 4. The quantitative estimate of drug-likeness (QED) is 0.0958. The van der Waals surface area contributed by atoms with E-state index in [-0.39, 0.29) is 58.7 Å². The molecule has 1 N–H and O–H groups in total. The van der Waals surface area contributed by atoms with E-state index in [0.29, 0.717) is 0 Å². The number of aromatic nitrogens is 1. The van der Waals surface area contributed by atoms with Crippen LogP contribution in [0.2, 0.25) is 0 Å². The van der Waals surface area contributed by atoms with Crippen LogP contribution < -0.4 is 0 Å². The van der Waals surface area contributed by atoms with Crippen LogP contribution in [0, 0.1) is 16.9 Å². The summed E-state index contributed by atoms with van der Waals surface area (Å²) in [5.74, 6) is 0.286. The number of aliphatic hydroxyl groups is 1. The maximum Gasteiger partial charge on any atom is 0.164 e. The zero-order valence-corrected chi connectivity index (χ0v) is 37.0. The van der Waals surface area contributed by atoms with Crippen molar-refractivity contribution in [3.8, 4) is 11.3 Å².